The van der Waals surface area contributed by atoms with Gasteiger partial charge in [0.1, 0.15) is 5.82 Å². The highest BCUT2D eigenvalue weighted by Gasteiger charge is 2.25. The molecule has 2 rings (SSSR count). The number of carbonyl (C=O) groups is 1. The number of urea groups is 1. The Morgan fingerprint density at radius 3 is 3.09 bits per heavy atom. The van der Waals surface area contributed by atoms with Crippen LogP contribution in [0.3, 0.4) is 0 Å². The standard InChI is InChI=1S/C15H20ClFN2O3/c1-10(11-3-4-14(17)13(16)7-11)18-15(20)19-5-6-22-12(8-19)9-21-2/h3-4,7,10,12H,5-6,8-9H2,1-2H3,(H,18,20)/t10-,12+/m1/s1. The lowest BCUT2D eigenvalue weighted by molar-refractivity contribution is -0.0496. The van der Waals surface area contributed by atoms with E-state index in [0.29, 0.717) is 26.3 Å². The van der Waals surface area contributed by atoms with Crippen LogP contribution < -0.4 is 5.32 Å². The summed E-state index contributed by atoms with van der Waals surface area (Å²) in [4.78, 5) is 14.0. The minimum atomic E-state index is -0.473. The Labute approximate surface area is 134 Å². The van der Waals surface area contributed by atoms with Crippen LogP contribution in [-0.4, -0.2) is 50.4 Å². The maximum atomic E-state index is 13.2. The first-order valence-corrected chi connectivity index (χ1v) is 7.50. The summed E-state index contributed by atoms with van der Waals surface area (Å²) in [6, 6.07) is 3.98. The predicted octanol–water partition coefficient (Wildman–Crippen LogP) is 2.60. The number of carbonyl (C=O) groups excluding carboxylic acids is 1. The van der Waals surface area contributed by atoms with Crippen molar-refractivity contribution in [1.82, 2.24) is 10.2 Å². The minimum absolute atomic E-state index is 0.0464. The number of rotatable bonds is 4. The molecular formula is C15H20ClFN2O3. The molecule has 7 heteroatoms. The van der Waals surface area contributed by atoms with Gasteiger partial charge in [-0.25, -0.2) is 9.18 Å². The maximum Gasteiger partial charge on any atom is 0.318 e. The molecule has 0 spiro atoms. The average molecular weight is 331 g/mol. The molecule has 0 aliphatic carbocycles. The van der Waals surface area contributed by atoms with Crippen molar-refractivity contribution >= 4 is 17.6 Å². The fourth-order valence-corrected chi connectivity index (χ4v) is 2.52. The van der Waals surface area contributed by atoms with Gasteiger partial charge < -0.3 is 19.7 Å². The van der Waals surface area contributed by atoms with Crippen LogP contribution in [0.5, 0.6) is 0 Å². The molecule has 1 heterocycles. The first-order valence-electron chi connectivity index (χ1n) is 7.12. The highest BCUT2D eigenvalue weighted by molar-refractivity contribution is 6.30. The van der Waals surface area contributed by atoms with E-state index in [4.69, 9.17) is 21.1 Å². The highest BCUT2D eigenvalue weighted by atomic mass is 35.5. The van der Waals surface area contributed by atoms with E-state index in [1.165, 1.54) is 12.1 Å². The number of benzene rings is 1. The molecule has 0 bridgehead atoms. The zero-order valence-corrected chi connectivity index (χ0v) is 13.4. The molecule has 22 heavy (non-hydrogen) atoms. The lowest BCUT2D eigenvalue weighted by atomic mass is 10.1. The molecule has 2 amide bonds. The Morgan fingerprint density at radius 2 is 2.41 bits per heavy atom. The van der Waals surface area contributed by atoms with E-state index in [-0.39, 0.29) is 23.2 Å². The SMILES string of the molecule is COC[C@@H]1CN(C(=O)N[C@H](C)c2ccc(F)c(Cl)c2)CCO1. The molecular weight excluding hydrogens is 311 g/mol. The van der Waals surface area contributed by atoms with Gasteiger partial charge in [-0.2, -0.15) is 0 Å². The first-order chi connectivity index (χ1) is 10.5. The van der Waals surface area contributed by atoms with Crippen molar-refractivity contribution in [3.05, 3.63) is 34.6 Å². The molecule has 1 N–H and O–H groups in total. The Kier molecular flexibility index (Phi) is 5.99. The number of nitrogens with one attached hydrogen (secondary N) is 1. The number of amides is 2. The topological polar surface area (TPSA) is 50.8 Å². The lowest BCUT2D eigenvalue weighted by Gasteiger charge is -2.33. The second-order valence-corrected chi connectivity index (χ2v) is 5.65. The van der Waals surface area contributed by atoms with E-state index >= 15 is 0 Å². The van der Waals surface area contributed by atoms with Gasteiger partial charge in [0.2, 0.25) is 0 Å². The summed E-state index contributed by atoms with van der Waals surface area (Å²) in [7, 11) is 1.60. The van der Waals surface area contributed by atoms with Gasteiger partial charge in [-0.05, 0) is 24.6 Å². The van der Waals surface area contributed by atoms with E-state index < -0.39 is 5.82 Å². The Bertz CT molecular complexity index is 528. The minimum Gasteiger partial charge on any atom is -0.382 e. The molecule has 1 aromatic rings. The Balaban J connectivity index is 1.94. The van der Waals surface area contributed by atoms with E-state index in [1.54, 1.807) is 18.1 Å². The van der Waals surface area contributed by atoms with Gasteiger partial charge in [0, 0.05) is 13.7 Å². The lowest BCUT2D eigenvalue weighted by Crippen LogP contribution is -2.51. The summed E-state index contributed by atoms with van der Waals surface area (Å²) in [6.07, 6.45) is -0.111. The number of morpholine rings is 1. The molecule has 0 unspecified atom stereocenters. The number of nitrogens with zero attached hydrogens (tertiary/aromatic N) is 1. The molecule has 1 aliphatic rings. The Morgan fingerprint density at radius 1 is 1.64 bits per heavy atom. The van der Waals surface area contributed by atoms with Gasteiger partial charge in [0.15, 0.2) is 0 Å². The van der Waals surface area contributed by atoms with Crippen molar-refractivity contribution < 1.29 is 18.7 Å². The fourth-order valence-electron chi connectivity index (χ4n) is 2.33. The molecule has 1 aromatic carbocycles. The molecule has 0 saturated carbocycles. The van der Waals surface area contributed by atoms with Crippen LogP contribution >= 0.6 is 11.6 Å². The molecule has 2 atom stereocenters. The maximum absolute atomic E-state index is 13.2. The van der Waals surface area contributed by atoms with E-state index in [9.17, 15) is 9.18 Å². The third-order valence-corrected chi connectivity index (χ3v) is 3.85. The van der Waals surface area contributed by atoms with Gasteiger partial charge in [0.25, 0.3) is 0 Å². The van der Waals surface area contributed by atoms with Crippen molar-refractivity contribution in [3.8, 4) is 0 Å². The smallest absolute Gasteiger partial charge is 0.318 e. The first kappa shape index (κ1) is 17.0. The summed E-state index contributed by atoms with van der Waals surface area (Å²) >= 11 is 5.77. The van der Waals surface area contributed by atoms with E-state index in [0.717, 1.165) is 5.56 Å². The van der Waals surface area contributed by atoms with Crippen LogP contribution in [0, 0.1) is 5.82 Å². The van der Waals surface area contributed by atoms with Gasteiger partial charge in [-0.1, -0.05) is 17.7 Å². The summed E-state index contributed by atoms with van der Waals surface area (Å²) < 4.78 is 23.7. The summed E-state index contributed by atoms with van der Waals surface area (Å²) in [5.41, 5.74) is 0.751. The molecule has 0 radical (unpaired) electrons. The third kappa shape index (κ3) is 4.32. The number of ether oxygens (including phenoxy) is 2. The van der Waals surface area contributed by atoms with Crippen LogP contribution in [0.4, 0.5) is 9.18 Å². The monoisotopic (exact) mass is 330 g/mol. The van der Waals surface area contributed by atoms with Crippen molar-refractivity contribution in [3.63, 3.8) is 0 Å². The zero-order chi connectivity index (χ0) is 16.1. The second-order valence-electron chi connectivity index (χ2n) is 5.24. The van der Waals surface area contributed by atoms with Crippen LogP contribution in [0.15, 0.2) is 18.2 Å². The normalized spacial score (nSPS) is 19.8. The van der Waals surface area contributed by atoms with Gasteiger partial charge in [-0.3, -0.25) is 0 Å². The molecule has 1 saturated heterocycles. The van der Waals surface area contributed by atoms with Crippen molar-refractivity contribution in [2.45, 2.75) is 19.1 Å². The zero-order valence-electron chi connectivity index (χ0n) is 12.6. The molecule has 5 nitrogen and oxygen atoms in total. The molecule has 0 aromatic heterocycles. The quantitative estimate of drug-likeness (QED) is 0.923. The van der Waals surface area contributed by atoms with Crippen molar-refractivity contribution in [2.75, 3.05) is 33.4 Å². The number of hydrogen-bond acceptors (Lipinski definition) is 3. The summed E-state index contributed by atoms with van der Waals surface area (Å²) in [5.74, 6) is -0.473. The molecule has 1 aliphatic heterocycles. The largest absolute Gasteiger partial charge is 0.382 e. The average Bonchev–Trinajstić information content (AvgIpc) is 2.50. The summed E-state index contributed by atoms with van der Waals surface area (Å²) in [6.45, 7) is 3.78. The number of hydrogen-bond donors (Lipinski definition) is 1. The number of halogens is 2. The predicted molar refractivity (Wildman–Crippen MR) is 81.5 cm³/mol. The number of methoxy groups -OCH3 is 1. The van der Waals surface area contributed by atoms with E-state index in [1.807, 2.05) is 6.92 Å². The molecule has 1 fully saturated rings. The highest BCUT2D eigenvalue weighted by Crippen LogP contribution is 2.21. The van der Waals surface area contributed by atoms with Crippen LogP contribution in [0.2, 0.25) is 5.02 Å². The third-order valence-electron chi connectivity index (χ3n) is 3.56. The molecule has 122 valence electrons. The van der Waals surface area contributed by atoms with Gasteiger partial charge in [-0.15, -0.1) is 0 Å². The van der Waals surface area contributed by atoms with Crippen LogP contribution in [0.1, 0.15) is 18.5 Å². The van der Waals surface area contributed by atoms with Crippen LogP contribution in [-0.2, 0) is 9.47 Å². The fraction of sp³-hybridized carbons (Fsp3) is 0.533. The van der Waals surface area contributed by atoms with Gasteiger partial charge >= 0.3 is 6.03 Å². The Hall–Kier alpha value is -1.37. The van der Waals surface area contributed by atoms with E-state index in [2.05, 4.69) is 5.32 Å². The second kappa shape index (κ2) is 7.76. The summed E-state index contributed by atoms with van der Waals surface area (Å²) in [5, 5.41) is 2.93. The van der Waals surface area contributed by atoms with Crippen molar-refractivity contribution in [2.24, 2.45) is 0 Å². The van der Waals surface area contributed by atoms with Gasteiger partial charge in [0.05, 0.1) is 36.9 Å². The van der Waals surface area contributed by atoms with Crippen LogP contribution in [0.25, 0.3) is 0 Å². The van der Waals surface area contributed by atoms with Crippen molar-refractivity contribution in [1.29, 1.82) is 0 Å².